The van der Waals surface area contributed by atoms with Gasteiger partial charge in [0.15, 0.2) is 18.5 Å². The smallest absolute Gasteiger partial charge is 0.303 e. The van der Waals surface area contributed by atoms with Crippen LogP contribution in [0.3, 0.4) is 0 Å². The number of esters is 2. The summed E-state index contributed by atoms with van der Waals surface area (Å²) in [5.41, 5.74) is 0. The highest BCUT2D eigenvalue weighted by atomic mass is 16.7. The third-order valence-corrected chi connectivity index (χ3v) is 2.03. The predicted octanol–water partition coefficient (Wildman–Crippen LogP) is -0.413. The number of aliphatic hydroxyl groups excluding tert-OH is 1. The lowest BCUT2D eigenvalue weighted by Gasteiger charge is -2.20. The van der Waals surface area contributed by atoms with E-state index in [2.05, 4.69) is 0 Å². The first kappa shape index (κ1) is 11.9. The van der Waals surface area contributed by atoms with Gasteiger partial charge in [0.1, 0.15) is 0 Å². The van der Waals surface area contributed by atoms with Gasteiger partial charge in [0, 0.05) is 13.8 Å². The largest absolute Gasteiger partial charge is 0.456 e. The summed E-state index contributed by atoms with van der Waals surface area (Å²) in [5.74, 6) is -1.07. The minimum absolute atomic E-state index is 0.506. The summed E-state index contributed by atoms with van der Waals surface area (Å²) < 4.78 is 14.7. The van der Waals surface area contributed by atoms with Gasteiger partial charge >= 0.3 is 11.9 Å². The molecule has 86 valence electrons. The minimum atomic E-state index is -1.26. The van der Waals surface area contributed by atoms with Gasteiger partial charge in [0.05, 0.1) is 6.10 Å². The Morgan fingerprint density at radius 3 is 2.07 bits per heavy atom. The molecular formula is C9H14O6. The number of ether oxygens (including phenoxy) is 3. The maximum absolute atomic E-state index is 10.8. The van der Waals surface area contributed by atoms with E-state index in [1.807, 2.05) is 0 Å². The van der Waals surface area contributed by atoms with Crippen molar-refractivity contribution >= 4 is 11.9 Å². The lowest BCUT2D eigenvalue weighted by atomic mass is 10.1. The van der Waals surface area contributed by atoms with Crippen LogP contribution < -0.4 is 0 Å². The van der Waals surface area contributed by atoms with Crippen molar-refractivity contribution in [2.45, 2.75) is 45.4 Å². The molecule has 15 heavy (non-hydrogen) atoms. The Morgan fingerprint density at radius 1 is 1.13 bits per heavy atom. The van der Waals surface area contributed by atoms with Crippen molar-refractivity contribution < 1.29 is 28.9 Å². The first-order valence-corrected chi connectivity index (χ1v) is 4.59. The van der Waals surface area contributed by atoms with E-state index in [9.17, 15) is 14.7 Å². The van der Waals surface area contributed by atoms with Crippen LogP contribution in [0.2, 0.25) is 0 Å². The maximum atomic E-state index is 10.8. The van der Waals surface area contributed by atoms with E-state index in [1.165, 1.54) is 13.8 Å². The molecule has 0 bridgehead atoms. The zero-order chi connectivity index (χ0) is 11.6. The molecule has 3 unspecified atom stereocenters. The molecule has 6 nitrogen and oxygen atoms in total. The first-order chi connectivity index (χ1) is 6.91. The number of hydrogen-bond acceptors (Lipinski definition) is 6. The number of aliphatic hydroxyl groups is 1. The molecule has 4 atom stereocenters. The van der Waals surface area contributed by atoms with Gasteiger partial charge in [-0.3, -0.25) is 9.59 Å². The fraction of sp³-hybridized carbons (Fsp3) is 0.778. The van der Waals surface area contributed by atoms with Crippen molar-refractivity contribution in [3.63, 3.8) is 0 Å². The Balaban J connectivity index is 2.70. The summed E-state index contributed by atoms with van der Waals surface area (Å²) in [6.07, 6.45) is -3.48. The van der Waals surface area contributed by atoms with Gasteiger partial charge < -0.3 is 19.3 Å². The van der Waals surface area contributed by atoms with Crippen LogP contribution in [0.25, 0.3) is 0 Å². The highest BCUT2D eigenvalue weighted by Gasteiger charge is 2.46. The van der Waals surface area contributed by atoms with E-state index in [4.69, 9.17) is 14.2 Å². The summed E-state index contributed by atoms with van der Waals surface area (Å²) >= 11 is 0. The molecule has 1 fully saturated rings. The third-order valence-electron chi connectivity index (χ3n) is 2.03. The molecule has 0 aromatic carbocycles. The maximum Gasteiger partial charge on any atom is 0.303 e. The van der Waals surface area contributed by atoms with E-state index in [1.54, 1.807) is 6.92 Å². The van der Waals surface area contributed by atoms with Gasteiger partial charge in [-0.2, -0.15) is 0 Å². The minimum Gasteiger partial charge on any atom is -0.456 e. The quantitative estimate of drug-likeness (QED) is 0.634. The monoisotopic (exact) mass is 218 g/mol. The normalized spacial score (nSPS) is 34.9. The van der Waals surface area contributed by atoms with Crippen LogP contribution in [0.1, 0.15) is 20.8 Å². The van der Waals surface area contributed by atoms with E-state index in [0.717, 1.165) is 0 Å². The topological polar surface area (TPSA) is 82.1 Å². The average molecular weight is 218 g/mol. The molecule has 0 aromatic rings. The summed E-state index contributed by atoms with van der Waals surface area (Å²) in [4.78, 5) is 21.5. The molecule has 6 heteroatoms. The number of carbonyl (C=O) groups is 2. The van der Waals surface area contributed by atoms with Crippen molar-refractivity contribution in [3.8, 4) is 0 Å². The number of hydrogen-bond donors (Lipinski definition) is 1. The average Bonchev–Trinajstić information content (AvgIpc) is 2.30. The van der Waals surface area contributed by atoms with Crippen LogP contribution >= 0.6 is 0 Å². The molecule has 1 N–H and O–H groups in total. The zero-order valence-corrected chi connectivity index (χ0v) is 8.80. The van der Waals surface area contributed by atoms with Gasteiger partial charge in [-0.25, -0.2) is 0 Å². The van der Waals surface area contributed by atoms with Gasteiger partial charge in [-0.15, -0.1) is 0 Å². The van der Waals surface area contributed by atoms with Gasteiger partial charge in [0.25, 0.3) is 0 Å². The van der Waals surface area contributed by atoms with Crippen molar-refractivity contribution in [2.24, 2.45) is 0 Å². The molecule has 0 aromatic heterocycles. The predicted molar refractivity (Wildman–Crippen MR) is 47.7 cm³/mol. The molecule has 0 aliphatic carbocycles. The second kappa shape index (κ2) is 4.59. The Bertz CT molecular complexity index is 237. The Hall–Kier alpha value is -1.14. The summed E-state index contributed by atoms with van der Waals surface area (Å²) in [6, 6.07) is 0. The molecule has 1 rings (SSSR count). The van der Waals surface area contributed by atoms with E-state index in [0.29, 0.717) is 0 Å². The lowest BCUT2D eigenvalue weighted by molar-refractivity contribution is -0.174. The Morgan fingerprint density at radius 2 is 1.60 bits per heavy atom. The lowest BCUT2D eigenvalue weighted by Crippen LogP contribution is -2.39. The SMILES string of the molecule is CC(=O)OC1C(O)O[C@H](C)C1OC(C)=O. The van der Waals surface area contributed by atoms with Crippen molar-refractivity contribution in [2.75, 3.05) is 0 Å². The molecule has 1 aliphatic rings. The number of rotatable bonds is 2. The summed E-state index contributed by atoms with van der Waals surface area (Å²) in [6.45, 7) is 4.07. The van der Waals surface area contributed by atoms with Crippen molar-refractivity contribution in [3.05, 3.63) is 0 Å². The van der Waals surface area contributed by atoms with Crippen molar-refractivity contribution in [1.82, 2.24) is 0 Å². The van der Waals surface area contributed by atoms with Crippen LogP contribution in [-0.2, 0) is 23.8 Å². The van der Waals surface area contributed by atoms with Crippen LogP contribution in [0.15, 0.2) is 0 Å². The van der Waals surface area contributed by atoms with Crippen molar-refractivity contribution in [1.29, 1.82) is 0 Å². The molecule has 0 spiro atoms. The Kier molecular flexibility index (Phi) is 3.65. The highest BCUT2D eigenvalue weighted by Crippen LogP contribution is 2.25. The van der Waals surface area contributed by atoms with Crippen LogP contribution in [0.5, 0.6) is 0 Å². The zero-order valence-electron chi connectivity index (χ0n) is 8.80. The number of carbonyl (C=O) groups excluding carboxylic acids is 2. The van der Waals surface area contributed by atoms with Crippen LogP contribution in [0, 0.1) is 0 Å². The molecule has 1 saturated heterocycles. The van der Waals surface area contributed by atoms with Gasteiger partial charge in [-0.1, -0.05) is 0 Å². The van der Waals surface area contributed by atoms with Crippen LogP contribution in [-0.4, -0.2) is 41.6 Å². The molecule has 1 heterocycles. The second-order valence-corrected chi connectivity index (χ2v) is 3.38. The highest BCUT2D eigenvalue weighted by molar-refractivity contribution is 5.67. The molecule has 0 radical (unpaired) electrons. The summed E-state index contributed by atoms with van der Waals surface area (Å²) in [7, 11) is 0. The molecule has 0 amide bonds. The van der Waals surface area contributed by atoms with Gasteiger partial charge in [0.2, 0.25) is 0 Å². The fourth-order valence-corrected chi connectivity index (χ4v) is 1.48. The van der Waals surface area contributed by atoms with Gasteiger partial charge in [-0.05, 0) is 6.92 Å². The molecule has 0 saturated carbocycles. The summed E-state index contributed by atoms with van der Waals surface area (Å²) in [5, 5.41) is 9.40. The first-order valence-electron chi connectivity index (χ1n) is 4.59. The van der Waals surface area contributed by atoms with E-state index < -0.39 is 36.5 Å². The standard InChI is InChI=1S/C9H14O6/c1-4-7(14-5(2)10)8(9(12)13-4)15-6(3)11/h4,7-9,12H,1-3H3/t4-,7?,8?,9?/m1/s1. The third kappa shape index (κ3) is 2.90. The van der Waals surface area contributed by atoms with E-state index >= 15 is 0 Å². The second-order valence-electron chi connectivity index (χ2n) is 3.38. The van der Waals surface area contributed by atoms with Crippen LogP contribution in [0.4, 0.5) is 0 Å². The molecule has 1 aliphatic heterocycles. The Labute approximate surface area is 87.1 Å². The molecular weight excluding hydrogens is 204 g/mol. The fourth-order valence-electron chi connectivity index (χ4n) is 1.48. The van der Waals surface area contributed by atoms with E-state index in [-0.39, 0.29) is 0 Å².